The second-order valence-corrected chi connectivity index (χ2v) is 5.26. The highest BCUT2D eigenvalue weighted by atomic mass is 16.5. The van der Waals surface area contributed by atoms with E-state index in [1.54, 1.807) is 13.2 Å². The Balaban J connectivity index is 2.53. The van der Waals surface area contributed by atoms with Crippen LogP contribution in [0, 0.1) is 0 Å². The Labute approximate surface area is 115 Å². The Morgan fingerprint density at radius 1 is 1.05 bits per heavy atom. The molecule has 102 valence electrons. The predicted molar refractivity (Wildman–Crippen MR) is 78.8 cm³/mol. The van der Waals surface area contributed by atoms with E-state index in [4.69, 9.17) is 4.74 Å². The summed E-state index contributed by atoms with van der Waals surface area (Å²) in [7, 11) is 1.69. The Bertz CT molecular complexity index is 524. The van der Waals surface area contributed by atoms with Gasteiger partial charge >= 0.3 is 0 Å². The third-order valence-electron chi connectivity index (χ3n) is 3.73. The lowest BCUT2D eigenvalue weighted by Crippen LogP contribution is -2.01. The van der Waals surface area contributed by atoms with Gasteiger partial charge in [0.05, 0.1) is 7.11 Å². The van der Waals surface area contributed by atoms with Crippen molar-refractivity contribution in [3.8, 4) is 11.5 Å². The molecule has 19 heavy (non-hydrogen) atoms. The van der Waals surface area contributed by atoms with Crippen molar-refractivity contribution < 1.29 is 9.84 Å². The van der Waals surface area contributed by atoms with Crippen molar-refractivity contribution in [2.24, 2.45) is 0 Å². The molecule has 1 aromatic rings. The Kier molecular flexibility index (Phi) is 4.31. The summed E-state index contributed by atoms with van der Waals surface area (Å²) in [5.41, 5.74) is 4.80. The van der Waals surface area contributed by atoms with Gasteiger partial charge in [0, 0.05) is 11.1 Å². The molecule has 0 amide bonds. The summed E-state index contributed by atoms with van der Waals surface area (Å²) in [6.07, 6.45) is 8.32. The van der Waals surface area contributed by atoms with Gasteiger partial charge in [-0.3, -0.25) is 0 Å². The number of benzene rings is 1. The highest BCUT2D eigenvalue weighted by Crippen LogP contribution is 2.33. The molecule has 0 unspecified atom stereocenters. The Morgan fingerprint density at radius 3 is 2.58 bits per heavy atom. The molecule has 1 aromatic carbocycles. The summed E-state index contributed by atoms with van der Waals surface area (Å²) in [5.74, 6) is 1.24. The van der Waals surface area contributed by atoms with Gasteiger partial charge < -0.3 is 9.84 Å². The van der Waals surface area contributed by atoms with E-state index in [9.17, 15) is 5.11 Å². The average Bonchev–Trinajstić information content (AvgIpc) is 2.39. The second kappa shape index (κ2) is 5.96. The van der Waals surface area contributed by atoms with Crippen molar-refractivity contribution in [2.45, 2.75) is 39.5 Å². The maximum Gasteiger partial charge on any atom is 0.122 e. The smallest absolute Gasteiger partial charge is 0.122 e. The van der Waals surface area contributed by atoms with Gasteiger partial charge in [-0.2, -0.15) is 0 Å². The Morgan fingerprint density at radius 2 is 1.84 bits per heavy atom. The molecule has 0 radical (unpaired) electrons. The largest absolute Gasteiger partial charge is 0.508 e. The third-order valence-corrected chi connectivity index (χ3v) is 3.73. The fraction of sp³-hybridized carbons (Fsp3) is 0.412. The molecule has 0 heterocycles. The van der Waals surface area contributed by atoms with E-state index in [2.05, 4.69) is 26.0 Å². The van der Waals surface area contributed by atoms with Crippen LogP contribution in [-0.4, -0.2) is 12.2 Å². The zero-order chi connectivity index (χ0) is 13.8. The zero-order valence-electron chi connectivity index (χ0n) is 12.0. The van der Waals surface area contributed by atoms with Crippen LogP contribution in [-0.2, 0) is 12.8 Å². The van der Waals surface area contributed by atoms with Crippen molar-refractivity contribution in [3.05, 3.63) is 46.6 Å². The number of methoxy groups -OCH3 is 1. The van der Waals surface area contributed by atoms with Crippen molar-refractivity contribution >= 4 is 0 Å². The first-order chi connectivity index (χ1) is 9.11. The molecule has 0 saturated carbocycles. The number of allylic oxidation sites excluding steroid dienone is 4. The van der Waals surface area contributed by atoms with Crippen LogP contribution in [0.5, 0.6) is 11.5 Å². The quantitative estimate of drug-likeness (QED) is 0.766. The molecule has 0 aliphatic heterocycles. The minimum Gasteiger partial charge on any atom is -0.508 e. The number of hydrogen-bond acceptors (Lipinski definition) is 2. The van der Waals surface area contributed by atoms with Crippen LogP contribution in [0.25, 0.3) is 0 Å². The van der Waals surface area contributed by atoms with E-state index < -0.39 is 0 Å². The topological polar surface area (TPSA) is 29.5 Å². The number of hydrogen-bond donors (Lipinski definition) is 1. The molecule has 2 heteroatoms. The number of ether oxygens (including phenoxy) is 1. The lowest BCUT2D eigenvalue weighted by atomic mass is 9.93. The molecule has 2 nitrogen and oxygen atoms in total. The van der Waals surface area contributed by atoms with Gasteiger partial charge in [0.15, 0.2) is 0 Å². The van der Waals surface area contributed by atoms with E-state index >= 15 is 0 Å². The molecule has 0 atom stereocenters. The van der Waals surface area contributed by atoms with E-state index in [1.807, 2.05) is 6.07 Å². The SMILES string of the molecule is COc1ccc(O)c2c1C/C=C(\C)CC/C=C(/C)C2. The zero-order valence-corrected chi connectivity index (χ0v) is 12.0. The fourth-order valence-electron chi connectivity index (χ4n) is 2.55. The molecule has 0 aromatic heterocycles. The van der Waals surface area contributed by atoms with E-state index in [1.165, 1.54) is 11.1 Å². The summed E-state index contributed by atoms with van der Waals surface area (Å²) in [6, 6.07) is 3.58. The summed E-state index contributed by atoms with van der Waals surface area (Å²) in [4.78, 5) is 0. The van der Waals surface area contributed by atoms with Crippen LogP contribution < -0.4 is 4.74 Å². The molecule has 0 fully saturated rings. The Hall–Kier alpha value is -1.70. The molecular formula is C17H22O2. The van der Waals surface area contributed by atoms with Gasteiger partial charge in [-0.1, -0.05) is 23.3 Å². The molecule has 0 bridgehead atoms. The van der Waals surface area contributed by atoms with Crippen LogP contribution >= 0.6 is 0 Å². The minimum absolute atomic E-state index is 0.371. The number of fused-ring (bicyclic) bond motifs is 1. The van der Waals surface area contributed by atoms with Crippen LogP contribution in [0.2, 0.25) is 0 Å². The highest BCUT2D eigenvalue weighted by Gasteiger charge is 2.14. The molecule has 1 aliphatic rings. The number of aromatic hydroxyl groups is 1. The first kappa shape index (κ1) is 13.7. The molecule has 2 rings (SSSR count). The summed E-state index contributed by atoms with van der Waals surface area (Å²) in [6.45, 7) is 4.29. The first-order valence-corrected chi connectivity index (χ1v) is 6.80. The minimum atomic E-state index is 0.371. The van der Waals surface area contributed by atoms with Crippen molar-refractivity contribution in [1.29, 1.82) is 0 Å². The van der Waals surface area contributed by atoms with Crippen molar-refractivity contribution in [1.82, 2.24) is 0 Å². The second-order valence-electron chi connectivity index (χ2n) is 5.26. The molecule has 0 spiro atoms. The van der Waals surface area contributed by atoms with Gasteiger partial charge in [-0.15, -0.1) is 0 Å². The molecule has 1 N–H and O–H groups in total. The van der Waals surface area contributed by atoms with E-state index in [0.717, 1.165) is 42.6 Å². The number of phenols is 1. The average molecular weight is 258 g/mol. The standard InChI is InChI=1S/C17H22O2/c1-12-5-4-6-13(2)11-15-14(8-7-12)17(19-3)10-9-16(15)18/h6-7,9-10,18H,4-5,8,11H2,1-3H3/b12-7+,13-6-. The van der Waals surface area contributed by atoms with E-state index in [-0.39, 0.29) is 0 Å². The predicted octanol–water partition coefficient (Wildman–Crippen LogP) is 4.17. The lowest BCUT2D eigenvalue weighted by molar-refractivity contribution is 0.406. The maximum absolute atomic E-state index is 10.1. The van der Waals surface area contributed by atoms with Crippen molar-refractivity contribution in [3.63, 3.8) is 0 Å². The van der Waals surface area contributed by atoms with Crippen LogP contribution in [0.15, 0.2) is 35.4 Å². The third kappa shape index (κ3) is 3.19. The van der Waals surface area contributed by atoms with Gasteiger partial charge in [0.2, 0.25) is 0 Å². The number of phenolic OH excluding ortho intramolecular Hbond substituents is 1. The molecular weight excluding hydrogens is 236 g/mol. The van der Waals surface area contributed by atoms with Gasteiger partial charge in [-0.05, 0) is 51.7 Å². The highest BCUT2D eigenvalue weighted by molar-refractivity contribution is 5.50. The van der Waals surface area contributed by atoms with Crippen LogP contribution in [0.1, 0.15) is 37.8 Å². The monoisotopic (exact) mass is 258 g/mol. The summed E-state index contributed by atoms with van der Waals surface area (Å²) >= 11 is 0. The normalized spacial score (nSPS) is 21.6. The van der Waals surface area contributed by atoms with Crippen LogP contribution in [0.3, 0.4) is 0 Å². The number of rotatable bonds is 1. The first-order valence-electron chi connectivity index (χ1n) is 6.80. The fourth-order valence-corrected chi connectivity index (χ4v) is 2.55. The summed E-state index contributed by atoms with van der Waals surface area (Å²) < 4.78 is 5.45. The van der Waals surface area contributed by atoms with Gasteiger partial charge in [-0.25, -0.2) is 0 Å². The molecule has 0 saturated heterocycles. The molecule has 1 aliphatic carbocycles. The maximum atomic E-state index is 10.1. The van der Waals surface area contributed by atoms with Gasteiger partial charge in [0.25, 0.3) is 0 Å². The van der Waals surface area contributed by atoms with Crippen LogP contribution in [0.4, 0.5) is 0 Å². The lowest BCUT2D eigenvalue weighted by Gasteiger charge is -2.16. The van der Waals surface area contributed by atoms with E-state index in [0.29, 0.717) is 5.75 Å². The summed E-state index contributed by atoms with van der Waals surface area (Å²) in [5, 5.41) is 10.1. The van der Waals surface area contributed by atoms with Gasteiger partial charge in [0.1, 0.15) is 11.5 Å². The van der Waals surface area contributed by atoms with Crippen molar-refractivity contribution in [2.75, 3.05) is 7.11 Å².